The van der Waals surface area contributed by atoms with Gasteiger partial charge in [-0.3, -0.25) is 19.2 Å². The van der Waals surface area contributed by atoms with E-state index < -0.39 is 46.8 Å². The van der Waals surface area contributed by atoms with Gasteiger partial charge < -0.3 is 14.6 Å². The van der Waals surface area contributed by atoms with E-state index in [1.165, 1.54) is 24.0 Å². The largest absolute Gasteiger partial charge is 0.502 e. The summed E-state index contributed by atoms with van der Waals surface area (Å²) >= 11 is 12.9. The Morgan fingerprint density at radius 3 is 2.12 bits per heavy atom. The number of imide groups is 2. The van der Waals surface area contributed by atoms with Crippen molar-refractivity contribution in [3.05, 3.63) is 123 Å². The summed E-state index contributed by atoms with van der Waals surface area (Å²) < 4.78 is 11.2. The zero-order chi connectivity index (χ0) is 36.6. The molecular formula is C41H34Cl2N2O7. The van der Waals surface area contributed by atoms with E-state index in [9.17, 15) is 19.5 Å². The number of benzene rings is 4. The van der Waals surface area contributed by atoms with Gasteiger partial charge in [-0.25, -0.2) is 9.80 Å². The minimum Gasteiger partial charge on any atom is -0.502 e. The number of methoxy groups -OCH3 is 2. The Bertz CT molecular complexity index is 2200. The standard InChI is InChI=1S/C41H34Cl2N2O7/c1-21-12-13-26(19-31(21)43)44-37(47)28-15-14-27-29(34(28)39(44)49)20-30-38(48)45(25-11-7-10-24(42)18-25)40(50)41(30,23-8-5-4-6-9-23)35(27)22-16-32(51-2)36(46)33(17-22)52-3/h4-14,16-19,28-30,34-35,46H,15,20H2,1-3H3/t28-,29+,30-,34-,35-,41+/m0/s1. The number of phenols is 1. The monoisotopic (exact) mass is 736 g/mol. The lowest BCUT2D eigenvalue weighted by Gasteiger charge is -2.50. The first-order valence-electron chi connectivity index (χ1n) is 17.0. The number of amides is 4. The predicted molar refractivity (Wildman–Crippen MR) is 196 cm³/mol. The number of hydrogen-bond acceptors (Lipinski definition) is 7. The van der Waals surface area contributed by atoms with Gasteiger partial charge in [0.2, 0.25) is 29.4 Å². The van der Waals surface area contributed by atoms with E-state index in [-0.39, 0.29) is 41.9 Å². The summed E-state index contributed by atoms with van der Waals surface area (Å²) in [4.78, 5) is 61.5. The third kappa shape index (κ3) is 4.75. The van der Waals surface area contributed by atoms with Gasteiger partial charge >= 0.3 is 0 Å². The van der Waals surface area contributed by atoms with Crippen LogP contribution in [-0.4, -0.2) is 43.0 Å². The summed E-state index contributed by atoms with van der Waals surface area (Å²) in [6.45, 7) is 1.84. The summed E-state index contributed by atoms with van der Waals surface area (Å²) in [5, 5.41) is 11.8. The van der Waals surface area contributed by atoms with Crippen LogP contribution in [0.4, 0.5) is 11.4 Å². The Morgan fingerprint density at radius 1 is 0.769 bits per heavy atom. The maximum Gasteiger partial charge on any atom is 0.246 e. The molecule has 2 heterocycles. The molecule has 11 heteroatoms. The van der Waals surface area contributed by atoms with Gasteiger partial charge in [-0.05, 0) is 84.8 Å². The van der Waals surface area contributed by atoms with E-state index >= 15 is 4.79 Å². The average molecular weight is 738 g/mol. The van der Waals surface area contributed by atoms with Crippen LogP contribution in [0.3, 0.4) is 0 Å². The number of phenolic OH excluding ortho intramolecular Hbond substituents is 1. The second kappa shape index (κ2) is 12.5. The van der Waals surface area contributed by atoms with Gasteiger partial charge in [0, 0.05) is 16.0 Å². The van der Waals surface area contributed by atoms with Crippen LogP contribution in [-0.2, 0) is 24.6 Å². The van der Waals surface area contributed by atoms with Crippen molar-refractivity contribution >= 4 is 58.2 Å². The van der Waals surface area contributed by atoms with Crippen LogP contribution in [0, 0.1) is 30.6 Å². The topological polar surface area (TPSA) is 113 Å². The van der Waals surface area contributed by atoms with Gasteiger partial charge in [0.05, 0.1) is 48.8 Å². The van der Waals surface area contributed by atoms with Crippen LogP contribution in [0.5, 0.6) is 17.2 Å². The molecule has 0 unspecified atom stereocenters. The van der Waals surface area contributed by atoms with Crippen molar-refractivity contribution in [2.24, 2.45) is 23.7 Å². The normalized spacial score (nSPS) is 26.6. The number of carbonyl (C=O) groups excluding carboxylic acids is 4. The Hall–Kier alpha value is -5.12. The predicted octanol–water partition coefficient (Wildman–Crippen LogP) is 7.39. The molecule has 0 radical (unpaired) electrons. The molecule has 9 nitrogen and oxygen atoms in total. The Balaban J connectivity index is 1.38. The number of aryl methyl sites for hydroxylation is 1. The van der Waals surface area contributed by atoms with Crippen LogP contribution in [0.25, 0.3) is 0 Å². The molecule has 0 bridgehead atoms. The highest BCUT2D eigenvalue weighted by Crippen LogP contribution is 2.65. The molecule has 2 aliphatic heterocycles. The van der Waals surface area contributed by atoms with E-state index in [0.717, 1.165) is 11.1 Å². The third-order valence-corrected chi connectivity index (χ3v) is 12.1. The lowest BCUT2D eigenvalue weighted by molar-refractivity contribution is -0.127. The number of hydrogen-bond donors (Lipinski definition) is 1. The van der Waals surface area contributed by atoms with E-state index in [1.54, 1.807) is 54.6 Å². The molecule has 0 spiro atoms. The number of ether oxygens (including phenoxy) is 2. The van der Waals surface area contributed by atoms with Gasteiger partial charge in [-0.15, -0.1) is 0 Å². The molecule has 2 saturated heterocycles. The molecule has 4 aliphatic rings. The van der Waals surface area contributed by atoms with Crippen molar-refractivity contribution in [1.29, 1.82) is 0 Å². The van der Waals surface area contributed by atoms with E-state index in [2.05, 4.69) is 0 Å². The lowest BCUT2D eigenvalue weighted by Crippen LogP contribution is -2.53. The first-order chi connectivity index (χ1) is 25.0. The molecule has 4 aromatic rings. The summed E-state index contributed by atoms with van der Waals surface area (Å²) in [5.74, 6) is -5.43. The molecule has 0 aromatic heterocycles. The van der Waals surface area contributed by atoms with Crippen molar-refractivity contribution in [2.45, 2.75) is 31.1 Å². The smallest absolute Gasteiger partial charge is 0.246 e. The number of carbonyl (C=O) groups is 4. The van der Waals surface area contributed by atoms with Crippen molar-refractivity contribution in [3.8, 4) is 17.2 Å². The number of rotatable bonds is 6. The van der Waals surface area contributed by atoms with Gasteiger partial charge in [0.1, 0.15) is 0 Å². The molecular weight excluding hydrogens is 703 g/mol. The molecule has 264 valence electrons. The first kappa shape index (κ1) is 34.0. The zero-order valence-electron chi connectivity index (χ0n) is 28.5. The fraction of sp³-hybridized carbons (Fsp3) is 0.268. The van der Waals surface area contributed by atoms with Crippen molar-refractivity contribution in [2.75, 3.05) is 24.0 Å². The Morgan fingerprint density at radius 2 is 1.46 bits per heavy atom. The second-order valence-electron chi connectivity index (χ2n) is 13.8. The molecule has 2 aliphatic carbocycles. The average Bonchev–Trinajstić information content (AvgIpc) is 3.54. The minimum absolute atomic E-state index is 0.114. The zero-order valence-corrected chi connectivity index (χ0v) is 30.0. The number of halogens is 2. The number of allylic oxidation sites excluding steroid dienone is 2. The lowest BCUT2D eigenvalue weighted by atomic mass is 9.49. The molecule has 8 rings (SSSR count). The van der Waals surface area contributed by atoms with Crippen LogP contribution in [0.15, 0.2) is 96.6 Å². The van der Waals surface area contributed by atoms with Gasteiger partial charge in [0.25, 0.3) is 0 Å². The number of nitrogens with zero attached hydrogens (tertiary/aromatic N) is 2. The summed E-state index contributed by atoms with van der Waals surface area (Å²) in [6.07, 6.45) is 2.35. The summed E-state index contributed by atoms with van der Waals surface area (Å²) in [7, 11) is 2.84. The quantitative estimate of drug-likeness (QED) is 0.162. The highest BCUT2D eigenvalue weighted by molar-refractivity contribution is 6.33. The van der Waals surface area contributed by atoms with Crippen molar-refractivity contribution in [1.82, 2.24) is 0 Å². The third-order valence-electron chi connectivity index (χ3n) is 11.4. The fourth-order valence-electron chi connectivity index (χ4n) is 9.17. The molecule has 4 aromatic carbocycles. The molecule has 4 amide bonds. The SMILES string of the molecule is COc1cc([C@H]2C3=CC[C@@H]4C(=O)N(c5ccc(C)c(Cl)c5)C(=O)[C@@H]4[C@@H]3C[C@H]3C(=O)N(c4cccc(Cl)c4)C(=O)[C@@]23c2ccccc2)cc(OC)c1O. The molecule has 3 fully saturated rings. The molecule has 6 atom stereocenters. The number of aromatic hydroxyl groups is 1. The fourth-order valence-corrected chi connectivity index (χ4v) is 9.53. The highest BCUT2D eigenvalue weighted by Gasteiger charge is 2.70. The van der Waals surface area contributed by atoms with E-state index in [4.69, 9.17) is 32.7 Å². The summed E-state index contributed by atoms with van der Waals surface area (Å²) in [6, 6.07) is 24.2. The molecule has 1 saturated carbocycles. The Kier molecular flexibility index (Phi) is 8.19. The van der Waals surface area contributed by atoms with Gasteiger partial charge in [0.15, 0.2) is 11.5 Å². The second-order valence-corrected chi connectivity index (χ2v) is 14.7. The summed E-state index contributed by atoms with van der Waals surface area (Å²) in [5.41, 5.74) is 1.95. The minimum atomic E-state index is -1.50. The molecule has 52 heavy (non-hydrogen) atoms. The maximum atomic E-state index is 15.4. The van der Waals surface area contributed by atoms with Gasteiger partial charge in [-0.2, -0.15) is 0 Å². The number of fused-ring (bicyclic) bond motifs is 4. The molecule has 1 N–H and O–H groups in total. The first-order valence-corrected chi connectivity index (χ1v) is 17.8. The highest BCUT2D eigenvalue weighted by atomic mass is 35.5. The van der Waals surface area contributed by atoms with E-state index in [0.29, 0.717) is 32.5 Å². The van der Waals surface area contributed by atoms with Crippen molar-refractivity contribution < 1.29 is 33.8 Å². The van der Waals surface area contributed by atoms with E-state index in [1.807, 2.05) is 43.3 Å². The maximum absolute atomic E-state index is 15.4. The van der Waals surface area contributed by atoms with Crippen molar-refractivity contribution in [3.63, 3.8) is 0 Å². The van der Waals surface area contributed by atoms with Crippen LogP contribution in [0.1, 0.15) is 35.4 Å². The van der Waals surface area contributed by atoms with Gasteiger partial charge in [-0.1, -0.05) is 77.3 Å². The van der Waals surface area contributed by atoms with Crippen LogP contribution in [0.2, 0.25) is 10.0 Å². The van der Waals surface area contributed by atoms with Crippen LogP contribution < -0.4 is 19.3 Å². The van der Waals surface area contributed by atoms with Crippen LogP contribution >= 0.6 is 23.2 Å². The Labute approximate surface area is 310 Å². The number of anilines is 2.